The van der Waals surface area contributed by atoms with Crippen molar-refractivity contribution >= 4 is 6.03 Å². The van der Waals surface area contributed by atoms with Gasteiger partial charge in [-0.05, 0) is 32.6 Å². The summed E-state index contributed by atoms with van der Waals surface area (Å²) in [5.74, 6) is 0.666. The number of rotatable bonds is 1. The van der Waals surface area contributed by atoms with Crippen molar-refractivity contribution in [3.8, 4) is 0 Å². The Labute approximate surface area is 111 Å². The van der Waals surface area contributed by atoms with Crippen molar-refractivity contribution in [2.45, 2.75) is 39.7 Å². The summed E-state index contributed by atoms with van der Waals surface area (Å²) in [4.78, 5) is 18.9. The fraction of sp³-hybridized carbons (Fsp3) is 0.929. The monoisotopic (exact) mass is 253 g/mol. The molecule has 18 heavy (non-hydrogen) atoms. The fourth-order valence-electron chi connectivity index (χ4n) is 2.99. The predicted octanol–water partition coefficient (Wildman–Crippen LogP) is 1.86. The smallest absolute Gasteiger partial charge is 0.320 e. The molecule has 0 aromatic rings. The van der Waals surface area contributed by atoms with Gasteiger partial charge in [0, 0.05) is 45.3 Å². The summed E-state index contributed by atoms with van der Waals surface area (Å²) in [6, 6.07) is 0.863. The van der Waals surface area contributed by atoms with E-state index in [1.54, 1.807) is 0 Å². The number of hydrogen-bond acceptors (Lipinski definition) is 2. The molecule has 0 aromatic carbocycles. The van der Waals surface area contributed by atoms with Crippen molar-refractivity contribution in [3.63, 3.8) is 0 Å². The number of urea groups is 1. The molecule has 104 valence electrons. The zero-order valence-electron chi connectivity index (χ0n) is 12.1. The molecule has 2 aliphatic heterocycles. The van der Waals surface area contributed by atoms with Gasteiger partial charge in [-0.15, -0.1) is 0 Å². The lowest BCUT2D eigenvalue weighted by Gasteiger charge is -2.40. The number of hydrogen-bond donors (Lipinski definition) is 0. The second kappa shape index (κ2) is 5.91. The minimum Gasteiger partial charge on any atom is -0.324 e. The standard InChI is InChI=1S/C14H27N3O/c1-12(2)15-7-9-16(10-8-15)14(18)17-6-4-5-13(3)11-17/h12-13H,4-11H2,1-3H3. The second-order valence-electron chi connectivity index (χ2n) is 6.09. The van der Waals surface area contributed by atoms with Gasteiger partial charge in [-0.2, -0.15) is 0 Å². The summed E-state index contributed by atoms with van der Waals surface area (Å²) in [6.45, 7) is 12.4. The van der Waals surface area contributed by atoms with Crippen LogP contribution in [0.4, 0.5) is 4.79 Å². The van der Waals surface area contributed by atoms with Crippen LogP contribution in [0.1, 0.15) is 33.6 Å². The number of piperidine rings is 1. The molecule has 0 spiro atoms. The van der Waals surface area contributed by atoms with E-state index in [1.807, 2.05) is 4.90 Å². The third-order valence-corrected chi connectivity index (χ3v) is 4.24. The van der Waals surface area contributed by atoms with Gasteiger partial charge in [-0.3, -0.25) is 4.90 Å². The molecule has 4 heteroatoms. The number of nitrogens with zero attached hydrogens (tertiary/aromatic N) is 3. The Hall–Kier alpha value is -0.770. The van der Waals surface area contributed by atoms with Crippen LogP contribution in [0.25, 0.3) is 0 Å². The minimum atomic E-state index is 0.268. The maximum atomic E-state index is 12.4. The van der Waals surface area contributed by atoms with Crippen LogP contribution in [0.5, 0.6) is 0 Å². The zero-order chi connectivity index (χ0) is 13.1. The van der Waals surface area contributed by atoms with Crippen molar-refractivity contribution in [1.29, 1.82) is 0 Å². The number of likely N-dealkylation sites (tertiary alicyclic amines) is 1. The van der Waals surface area contributed by atoms with Crippen LogP contribution in [-0.2, 0) is 0 Å². The second-order valence-corrected chi connectivity index (χ2v) is 6.09. The Bertz CT molecular complexity index is 285. The topological polar surface area (TPSA) is 26.8 Å². The molecule has 2 fully saturated rings. The van der Waals surface area contributed by atoms with Crippen molar-refractivity contribution in [2.24, 2.45) is 5.92 Å². The van der Waals surface area contributed by atoms with E-state index in [0.717, 1.165) is 39.3 Å². The van der Waals surface area contributed by atoms with E-state index in [-0.39, 0.29) is 6.03 Å². The Kier molecular flexibility index (Phi) is 4.49. The van der Waals surface area contributed by atoms with Crippen LogP contribution in [-0.4, -0.2) is 66.0 Å². The lowest BCUT2D eigenvalue weighted by molar-refractivity contribution is 0.0893. The van der Waals surface area contributed by atoms with E-state index in [9.17, 15) is 4.79 Å². The van der Waals surface area contributed by atoms with Gasteiger partial charge in [0.25, 0.3) is 0 Å². The molecule has 4 nitrogen and oxygen atoms in total. The molecule has 1 atom stereocenters. The first-order chi connectivity index (χ1) is 8.58. The minimum absolute atomic E-state index is 0.268. The van der Waals surface area contributed by atoms with Gasteiger partial charge in [0.2, 0.25) is 0 Å². The van der Waals surface area contributed by atoms with Crippen molar-refractivity contribution in [3.05, 3.63) is 0 Å². The SMILES string of the molecule is CC1CCCN(C(=O)N2CCN(C(C)C)CC2)C1. The summed E-state index contributed by atoms with van der Waals surface area (Å²) in [7, 11) is 0. The highest BCUT2D eigenvalue weighted by atomic mass is 16.2. The summed E-state index contributed by atoms with van der Waals surface area (Å²) >= 11 is 0. The third-order valence-electron chi connectivity index (χ3n) is 4.24. The molecular weight excluding hydrogens is 226 g/mol. The largest absolute Gasteiger partial charge is 0.324 e. The van der Waals surface area contributed by atoms with Gasteiger partial charge in [-0.1, -0.05) is 6.92 Å². The van der Waals surface area contributed by atoms with Crippen molar-refractivity contribution < 1.29 is 4.79 Å². The molecule has 0 saturated carbocycles. The highest BCUT2D eigenvalue weighted by Gasteiger charge is 2.28. The maximum Gasteiger partial charge on any atom is 0.320 e. The molecule has 1 unspecified atom stereocenters. The first-order valence-electron chi connectivity index (χ1n) is 7.36. The van der Waals surface area contributed by atoms with Crippen molar-refractivity contribution in [1.82, 2.24) is 14.7 Å². The molecule has 2 rings (SSSR count). The van der Waals surface area contributed by atoms with Crippen LogP contribution >= 0.6 is 0 Å². The van der Waals surface area contributed by atoms with E-state index in [0.29, 0.717) is 12.0 Å². The van der Waals surface area contributed by atoms with Gasteiger partial charge >= 0.3 is 6.03 Å². The molecule has 2 aliphatic rings. The Morgan fingerprint density at radius 3 is 2.28 bits per heavy atom. The number of carbonyl (C=O) groups is 1. The van der Waals surface area contributed by atoms with Gasteiger partial charge < -0.3 is 9.80 Å². The van der Waals surface area contributed by atoms with Crippen LogP contribution < -0.4 is 0 Å². The summed E-state index contributed by atoms with van der Waals surface area (Å²) < 4.78 is 0. The molecule has 0 radical (unpaired) electrons. The van der Waals surface area contributed by atoms with Crippen LogP contribution in [0.15, 0.2) is 0 Å². The lowest BCUT2D eigenvalue weighted by atomic mass is 10.0. The third kappa shape index (κ3) is 3.16. The van der Waals surface area contributed by atoms with Crippen LogP contribution in [0.2, 0.25) is 0 Å². The van der Waals surface area contributed by atoms with Gasteiger partial charge in [0.15, 0.2) is 0 Å². The quantitative estimate of drug-likeness (QED) is 0.713. The highest BCUT2D eigenvalue weighted by molar-refractivity contribution is 5.74. The maximum absolute atomic E-state index is 12.4. The summed E-state index contributed by atoms with van der Waals surface area (Å²) in [6.07, 6.45) is 2.43. The predicted molar refractivity (Wildman–Crippen MR) is 73.6 cm³/mol. The number of carbonyl (C=O) groups excluding carboxylic acids is 1. The Morgan fingerprint density at radius 1 is 1.06 bits per heavy atom. The normalized spacial score (nSPS) is 26.8. The highest BCUT2D eigenvalue weighted by Crippen LogP contribution is 2.17. The van der Waals surface area contributed by atoms with Crippen molar-refractivity contribution in [2.75, 3.05) is 39.3 Å². The summed E-state index contributed by atoms with van der Waals surface area (Å²) in [5, 5.41) is 0. The Balaban J connectivity index is 1.83. The van der Waals surface area contributed by atoms with E-state index in [1.165, 1.54) is 12.8 Å². The number of piperazine rings is 1. The zero-order valence-corrected chi connectivity index (χ0v) is 12.1. The first-order valence-corrected chi connectivity index (χ1v) is 7.36. The van der Waals surface area contributed by atoms with E-state index < -0.39 is 0 Å². The summed E-state index contributed by atoms with van der Waals surface area (Å²) in [5.41, 5.74) is 0. The first kappa shape index (κ1) is 13.7. The van der Waals surface area contributed by atoms with Gasteiger partial charge in [0.05, 0.1) is 0 Å². The lowest BCUT2D eigenvalue weighted by Crippen LogP contribution is -2.55. The number of amides is 2. The van der Waals surface area contributed by atoms with Gasteiger partial charge in [0.1, 0.15) is 0 Å². The van der Waals surface area contributed by atoms with E-state index in [4.69, 9.17) is 0 Å². The average Bonchev–Trinajstić information content (AvgIpc) is 2.38. The average molecular weight is 253 g/mol. The van der Waals surface area contributed by atoms with Crippen LogP contribution in [0, 0.1) is 5.92 Å². The Morgan fingerprint density at radius 2 is 1.72 bits per heavy atom. The molecule has 0 aromatic heterocycles. The molecule has 0 aliphatic carbocycles. The molecule has 0 N–H and O–H groups in total. The fourth-order valence-corrected chi connectivity index (χ4v) is 2.99. The van der Waals surface area contributed by atoms with Crippen LogP contribution in [0.3, 0.4) is 0 Å². The molecule has 2 amide bonds. The molecule has 2 heterocycles. The molecule has 0 bridgehead atoms. The molecular formula is C14H27N3O. The van der Waals surface area contributed by atoms with E-state index >= 15 is 0 Å². The van der Waals surface area contributed by atoms with Gasteiger partial charge in [-0.25, -0.2) is 4.79 Å². The molecule has 2 saturated heterocycles. The van der Waals surface area contributed by atoms with E-state index in [2.05, 4.69) is 30.6 Å².